The second-order valence-corrected chi connectivity index (χ2v) is 10.3. The van der Waals surface area contributed by atoms with Crippen LogP contribution >= 0.6 is 0 Å². The molecule has 0 bridgehead atoms. The highest BCUT2D eigenvalue weighted by Crippen LogP contribution is 2.42. The van der Waals surface area contributed by atoms with Gasteiger partial charge in [-0.3, -0.25) is 0 Å². The molecular weight excluding hydrogens is 436 g/mol. The zero-order chi connectivity index (χ0) is 25.3. The summed E-state index contributed by atoms with van der Waals surface area (Å²) in [5.74, 6) is 0. The van der Waals surface area contributed by atoms with Crippen molar-refractivity contribution in [3.63, 3.8) is 0 Å². The Balaban J connectivity index is 1.56. The molecule has 2 aliphatic rings. The number of nitrogens with one attached hydrogen (secondary N) is 2. The molecule has 0 radical (unpaired) electrons. The summed E-state index contributed by atoms with van der Waals surface area (Å²) in [6.07, 6.45) is 8.80. The van der Waals surface area contributed by atoms with Gasteiger partial charge in [0.1, 0.15) is 0 Å². The van der Waals surface area contributed by atoms with E-state index in [0.717, 1.165) is 12.1 Å². The maximum atomic E-state index is 4.71. The first-order valence-corrected chi connectivity index (χ1v) is 12.8. The molecule has 2 nitrogen and oxygen atoms in total. The molecule has 2 heterocycles. The molecule has 2 N–H and O–H groups in total. The van der Waals surface area contributed by atoms with E-state index < -0.39 is 0 Å². The van der Waals surface area contributed by atoms with Crippen molar-refractivity contribution in [1.29, 1.82) is 0 Å². The van der Waals surface area contributed by atoms with Crippen molar-refractivity contribution in [1.82, 2.24) is 5.32 Å². The standard InChI is InChI=1S/C34H34N2/c1-23-14-13-19-29(32(23)30-20-11-12-21-35-30)34(4,5)25(3)27-17-9-10-18-28(27)31-22-24(2)33(36-31)26-15-7-6-8-16-26/h6-20,22,31,35H,3,21H2,1-2,4-5H3/p+1. The monoisotopic (exact) mass is 471 g/mol. The lowest BCUT2D eigenvalue weighted by Gasteiger charge is -2.33. The first-order chi connectivity index (χ1) is 17.4. The van der Waals surface area contributed by atoms with Gasteiger partial charge in [0.25, 0.3) is 0 Å². The van der Waals surface area contributed by atoms with E-state index in [2.05, 4.69) is 135 Å². The van der Waals surface area contributed by atoms with Crippen molar-refractivity contribution < 1.29 is 4.99 Å². The zero-order valence-electron chi connectivity index (χ0n) is 21.7. The number of aryl methyl sites for hydroxylation is 1. The van der Waals surface area contributed by atoms with Gasteiger partial charge in [0.2, 0.25) is 5.71 Å². The van der Waals surface area contributed by atoms with Crippen LogP contribution in [-0.2, 0) is 5.41 Å². The Hall–Kier alpha value is -3.91. The topological polar surface area (TPSA) is 26.0 Å². The Morgan fingerprint density at radius 3 is 2.44 bits per heavy atom. The maximum absolute atomic E-state index is 4.71. The Morgan fingerprint density at radius 1 is 0.944 bits per heavy atom. The van der Waals surface area contributed by atoms with Crippen molar-refractivity contribution in [3.8, 4) is 0 Å². The quantitative estimate of drug-likeness (QED) is 0.449. The van der Waals surface area contributed by atoms with Crippen LogP contribution in [0.1, 0.15) is 60.2 Å². The highest BCUT2D eigenvalue weighted by Gasteiger charge is 2.33. The van der Waals surface area contributed by atoms with Crippen molar-refractivity contribution >= 4 is 17.0 Å². The summed E-state index contributed by atoms with van der Waals surface area (Å²) in [5.41, 5.74) is 12.0. The van der Waals surface area contributed by atoms with Crippen LogP contribution in [0.2, 0.25) is 0 Å². The van der Waals surface area contributed by atoms with Gasteiger partial charge in [-0.15, -0.1) is 0 Å². The van der Waals surface area contributed by atoms with Gasteiger partial charge in [-0.2, -0.15) is 0 Å². The van der Waals surface area contributed by atoms with Gasteiger partial charge < -0.3 is 5.32 Å². The van der Waals surface area contributed by atoms with E-state index in [0.29, 0.717) is 0 Å². The molecule has 1 unspecified atom stereocenters. The lowest BCUT2D eigenvalue weighted by atomic mass is 9.71. The van der Waals surface area contributed by atoms with Crippen molar-refractivity contribution in [2.75, 3.05) is 6.54 Å². The van der Waals surface area contributed by atoms with Crippen LogP contribution in [0.3, 0.4) is 0 Å². The lowest BCUT2D eigenvalue weighted by Crippen LogP contribution is -2.72. The van der Waals surface area contributed by atoms with E-state index in [1.165, 1.54) is 50.4 Å². The van der Waals surface area contributed by atoms with E-state index in [-0.39, 0.29) is 11.5 Å². The van der Waals surface area contributed by atoms with Gasteiger partial charge in [0.05, 0.1) is 0 Å². The van der Waals surface area contributed by atoms with Gasteiger partial charge in [0.15, 0.2) is 6.04 Å². The average Bonchev–Trinajstić information content (AvgIpc) is 3.30. The fourth-order valence-corrected chi connectivity index (χ4v) is 5.45. The van der Waals surface area contributed by atoms with Crippen molar-refractivity contribution in [2.45, 2.75) is 39.2 Å². The Bertz CT molecular complexity index is 1430. The fourth-order valence-electron chi connectivity index (χ4n) is 5.45. The average molecular weight is 472 g/mol. The van der Waals surface area contributed by atoms with Crippen LogP contribution in [0.25, 0.3) is 11.3 Å². The fraction of sp³-hybridized carbons (Fsp3) is 0.206. The minimum absolute atomic E-state index is 0.105. The molecule has 0 aromatic heterocycles. The molecule has 0 aliphatic carbocycles. The van der Waals surface area contributed by atoms with E-state index in [9.17, 15) is 0 Å². The molecule has 2 heteroatoms. The molecule has 3 aromatic carbocycles. The second-order valence-electron chi connectivity index (χ2n) is 10.3. The SMILES string of the molecule is C=C(c1ccccc1C1C=C(C)C(c2ccccc2)=[NH+]1)C(C)(C)c1cccc(C)c1C1=CC=CCN1. The molecule has 0 saturated carbocycles. The number of allylic oxidation sites excluding steroid dienone is 4. The van der Waals surface area contributed by atoms with Crippen LogP contribution in [0, 0.1) is 6.92 Å². The van der Waals surface area contributed by atoms with Crippen LogP contribution in [-0.4, -0.2) is 12.3 Å². The second kappa shape index (κ2) is 9.62. The smallest absolute Gasteiger partial charge is 0.209 e. The third-order valence-electron chi connectivity index (χ3n) is 7.57. The van der Waals surface area contributed by atoms with Crippen LogP contribution < -0.4 is 10.3 Å². The minimum Gasteiger partial charge on any atom is -0.381 e. The summed E-state index contributed by atoms with van der Waals surface area (Å²) in [6.45, 7) is 14.5. The molecule has 0 spiro atoms. The van der Waals surface area contributed by atoms with Gasteiger partial charge in [-0.25, -0.2) is 4.99 Å². The van der Waals surface area contributed by atoms with Crippen molar-refractivity contribution in [3.05, 3.63) is 143 Å². The minimum atomic E-state index is -0.273. The molecule has 0 amide bonds. The summed E-state index contributed by atoms with van der Waals surface area (Å²) in [4.78, 5) is 3.79. The van der Waals surface area contributed by atoms with Crippen molar-refractivity contribution in [2.24, 2.45) is 0 Å². The zero-order valence-corrected chi connectivity index (χ0v) is 21.7. The lowest BCUT2D eigenvalue weighted by molar-refractivity contribution is -0.489. The summed E-state index contributed by atoms with van der Waals surface area (Å²) in [5, 5.41) is 3.57. The predicted octanol–water partition coefficient (Wildman–Crippen LogP) is 6.06. The van der Waals surface area contributed by atoms with Gasteiger partial charge in [-0.05, 0) is 60.4 Å². The Labute approximate surface area is 215 Å². The molecule has 36 heavy (non-hydrogen) atoms. The van der Waals surface area contributed by atoms with Gasteiger partial charge >= 0.3 is 0 Å². The van der Waals surface area contributed by atoms with Crippen LogP contribution in [0.5, 0.6) is 0 Å². The highest BCUT2D eigenvalue weighted by molar-refractivity contribution is 6.09. The van der Waals surface area contributed by atoms with Crippen LogP contribution in [0.4, 0.5) is 0 Å². The third kappa shape index (κ3) is 4.28. The van der Waals surface area contributed by atoms with Gasteiger partial charge in [-0.1, -0.05) is 93.2 Å². The molecule has 180 valence electrons. The molecule has 0 saturated heterocycles. The summed E-state index contributed by atoms with van der Waals surface area (Å²) >= 11 is 0. The normalized spacial score (nSPS) is 17.2. The van der Waals surface area contributed by atoms with Gasteiger partial charge in [0, 0.05) is 39.9 Å². The summed E-state index contributed by atoms with van der Waals surface area (Å²) < 4.78 is 0. The summed E-state index contributed by atoms with van der Waals surface area (Å²) in [6, 6.07) is 26.0. The number of rotatable bonds is 6. The third-order valence-corrected chi connectivity index (χ3v) is 7.57. The van der Waals surface area contributed by atoms with Crippen LogP contribution in [0.15, 0.2) is 109 Å². The largest absolute Gasteiger partial charge is 0.381 e. The first kappa shape index (κ1) is 23.8. The highest BCUT2D eigenvalue weighted by atomic mass is 14.9. The number of hydrogen-bond acceptors (Lipinski definition) is 1. The number of benzene rings is 3. The Morgan fingerprint density at radius 2 is 1.69 bits per heavy atom. The maximum Gasteiger partial charge on any atom is 0.209 e. The van der Waals surface area contributed by atoms with E-state index in [1.807, 2.05) is 0 Å². The predicted molar refractivity (Wildman–Crippen MR) is 153 cm³/mol. The molecule has 1 atom stereocenters. The number of hydrogen-bond donors (Lipinski definition) is 2. The molecule has 3 aromatic rings. The molecule has 5 rings (SSSR count). The Kier molecular flexibility index (Phi) is 6.36. The molecule has 0 fully saturated rings. The van der Waals surface area contributed by atoms with E-state index in [1.54, 1.807) is 0 Å². The molecular formula is C34H35N2+. The van der Waals surface area contributed by atoms with E-state index in [4.69, 9.17) is 6.58 Å². The number of dihydropyridines is 1. The molecule has 2 aliphatic heterocycles. The first-order valence-electron chi connectivity index (χ1n) is 12.8. The summed E-state index contributed by atoms with van der Waals surface area (Å²) in [7, 11) is 0. The van der Waals surface area contributed by atoms with E-state index >= 15 is 0 Å².